The van der Waals surface area contributed by atoms with Crippen molar-refractivity contribution in [3.63, 3.8) is 0 Å². The molecule has 0 unspecified atom stereocenters. The maximum absolute atomic E-state index is 12.9. The average Bonchev–Trinajstić information content (AvgIpc) is 3.11. The molecule has 0 bridgehead atoms. The molecule has 9 heteroatoms. The van der Waals surface area contributed by atoms with Gasteiger partial charge in [0, 0.05) is 9.13 Å². The smallest absolute Gasteiger partial charge is 0.329 e. The number of nitrogens with zero attached hydrogens (tertiary/aromatic N) is 1. The topological polar surface area (TPSA) is 82.1 Å². The number of hydrogen-bond donors (Lipinski definition) is 0. The van der Waals surface area contributed by atoms with E-state index in [0.29, 0.717) is 30.1 Å². The third-order valence-electron chi connectivity index (χ3n) is 5.17. The van der Waals surface area contributed by atoms with Crippen LogP contribution in [0.2, 0.25) is 0 Å². The summed E-state index contributed by atoms with van der Waals surface area (Å²) in [5.74, 6) is -0.0724. The molecule has 2 amide bonds. The number of hydrogen-bond acceptors (Lipinski definition) is 7. The van der Waals surface area contributed by atoms with Crippen molar-refractivity contribution in [3.8, 4) is 11.5 Å². The van der Waals surface area contributed by atoms with Crippen LogP contribution in [0.5, 0.6) is 11.5 Å². The molecule has 0 aromatic heterocycles. The number of allylic oxidation sites excluding steroid dienone is 1. The number of halogens is 1. The molecule has 184 valence electrons. The average molecular weight is 607 g/mol. The van der Waals surface area contributed by atoms with Gasteiger partial charge in [-0.05, 0) is 96.1 Å². The van der Waals surface area contributed by atoms with Gasteiger partial charge in [-0.1, -0.05) is 18.2 Å². The van der Waals surface area contributed by atoms with Gasteiger partial charge in [0.1, 0.15) is 12.6 Å². The molecule has 1 atom stereocenters. The number of rotatable bonds is 10. The van der Waals surface area contributed by atoms with Crippen molar-refractivity contribution in [2.45, 2.75) is 32.9 Å². The maximum atomic E-state index is 12.9. The fourth-order valence-electron chi connectivity index (χ4n) is 3.46. The Balaban J connectivity index is 1.89. The summed E-state index contributed by atoms with van der Waals surface area (Å²) in [6.07, 6.45) is 3.88. The van der Waals surface area contributed by atoms with E-state index < -0.39 is 23.2 Å². The summed E-state index contributed by atoms with van der Waals surface area (Å²) in [5.41, 5.74) is 2.51. The molecular weight excluding hydrogens is 581 g/mol. The lowest BCUT2D eigenvalue weighted by molar-refractivity contribution is -0.150. The van der Waals surface area contributed by atoms with Gasteiger partial charge in [-0.25, -0.2) is 4.79 Å². The van der Waals surface area contributed by atoms with Crippen LogP contribution >= 0.6 is 34.4 Å². The van der Waals surface area contributed by atoms with Crippen molar-refractivity contribution in [2.75, 3.05) is 13.7 Å². The Morgan fingerprint density at radius 3 is 2.57 bits per heavy atom. The zero-order chi connectivity index (χ0) is 25.5. The van der Waals surface area contributed by atoms with Crippen LogP contribution in [-0.4, -0.2) is 41.8 Å². The summed E-state index contributed by atoms with van der Waals surface area (Å²) in [5, 5.41) is -0.516. The minimum absolute atomic E-state index is 0.166. The second kappa shape index (κ2) is 12.3. The summed E-state index contributed by atoms with van der Waals surface area (Å²) in [6.45, 7) is 7.50. The molecule has 2 aromatic carbocycles. The zero-order valence-corrected chi connectivity index (χ0v) is 22.7. The second-order valence-corrected chi connectivity index (χ2v) is 9.84. The molecule has 0 radical (unpaired) electrons. The van der Waals surface area contributed by atoms with Gasteiger partial charge >= 0.3 is 5.97 Å². The van der Waals surface area contributed by atoms with E-state index in [-0.39, 0.29) is 11.5 Å². The lowest BCUT2D eigenvalue weighted by atomic mass is 10.0. The summed E-state index contributed by atoms with van der Waals surface area (Å²) in [4.78, 5) is 38.6. The molecule has 0 spiro atoms. The van der Waals surface area contributed by atoms with Crippen LogP contribution in [0.25, 0.3) is 6.08 Å². The van der Waals surface area contributed by atoms with Crippen molar-refractivity contribution < 1.29 is 28.6 Å². The van der Waals surface area contributed by atoms with E-state index in [1.54, 1.807) is 32.3 Å². The van der Waals surface area contributed by atoms with Gasteiger partial charge in [0.2, 0.25) is 0 Å². The molecule has 1 saturated heterocycles. The number of carbonyl (C=O) groups excluding carboxylic acids is 3. The van der Waals surface area contributed by atoms with Crippen LogP contribution in [0.1, 0.15) is 30.5 Å². The molecule has 2 aromatic rings. The van der Waals surface area contributed by atoms with Crippen molar-refractivity contribution >= 4 is 57.5 Å². The quantitative estimate of drug-likeness (QED) is 0.151. The molecule has 1 aliphatic rings. The number of thioether (sulfide) groups is 1. The number of ether oxygens (including phenoxy) is 3. The number of carbonyl (C=O) groups is 3. The van der Waals surface area contributed by atoms with Crippen LogP contribution in [0.4, 0.5) is 4.79 Å². The highest BCUT2D eigenvalue weighted by Gasteiger charge is 2.41. The van der Waals surface area contributed by atoms with Gasteiger partial charge in [0.05, 0.1) is 18.6 Å². The molecule has 0 N–H and O–H groups in total. The first-order valence-corrected chi connectivity index (χ1v) is 12.8. The molecule has 0 aliphatic carbocycles. The molecule has 1 heterocycles. The van der Waals surface area contributed by atoms with E-state index in [4.69, 9.17) is 14.2 Å². The Hall–Kier alpha value is -2.79. The van der Waals surface area contributed by atoms with Gasteiger partial charge in [0.25, 0.3) is 11.1 Å². The van der Waals surface area contributed by atoms with E-state index in [1.165, 1.54) is 6.92 Å². The van der Waals surface area contributed by atoms with Gasteiger partial charge in [-0.2, -0.15) is 0 Å². The predicted molar refractivity (Wildman–Crippen MR) is 144 cm³/mol. The normalized spacial score (nSPS) is 15.3. The SMILES string of the molecule is C=CCc1cc(/C=C2/SC(=O)N([C@@H](C)C(=O)OCC)C2=O)cc(OC)c1OCc1ccc(I)cc1. The highest BCUT2D eigenvalue weighted by Crippen LogP contribution is 2.38. The number of methoxy groups -OCH3 is 1. The molecule has 1 aliphatic heterocycles. The molecule has 7 nitrogen and oxygen atoms in total. The summed E-state index contributed by atoms with van der Waals surface area (Å²) >= 11 is 3.04. The molecular formula is C26H26INO6S. The number of benzene rings is 2. The van der Waals surface area contributed by atoms with Crippen LogP contribution in [-0.2, 0) is 27.4 Å². The van der Waals surface area contributed by atoms with E-state index in [0.717, 1.165) is 31.4 Å². The van der Waals surface area contributed by atoms with E-state index in [1.807, 2.05) is 30.3 Å². The van der Waals surface area contributed by atoms with Crippen molar-refractivity contribution in [1.29, 1.82) is 0 Å². The van der Waals surface area contributed by atoms with Crippen LogP contribution < -0.4 is 9.47 Å². The third kappa shape index (κ3) is 6.46. The van der Waals surface area contributed by atoms with Gasteiger partial charge in [-0.3, -0.25) is 14.5 Å². The van der Waals surface area contributed by atoms with Crippen molar-refractivity contribution in [2.24, 2.45) is 0 Å². The number of imide groups is 1. The Labute approximate surface area is 222 Å². The predicted octanol–water partition coefficient (Wildman–Crippen LogP) is 5.60. The molecule has 1 fully saturated rings. The molecule has 3 rings (SSSR count). The first kappa shape index (κ1) is 26.8. The first-order chi connectivity index (χ1) is 16.8. The summed E-state index contributed by atoms with van der Waals surface area (Å²) in [6, 6.07) is 10.7. The van der Waals surface area contributed by atoms with Gasteiger partial charge in [0.15, 0.2) is 11.5 Å². The lowest BCUT2D eigenvalue weighted by Gasteiger charge is -2.19. The minimum Gasteiger partial charge on any atom is -0.493 e. The third-order valence-corrected chi connectivity index (χ3v) is 6.77. The van der Waals surface area contributed by atoms with Gasteiger partial charge in [-0.15, -0.1) is 6.58 Å². The zero-order valence-electron chi connectivity index (χ0n) is 19.7. The maximum Gasteiger partial charge on any atom is 0.329 e. The molecule has 35 heavy (non-hydrogen) atoms. The van der Waals surface area contributed by atoms with Crippen LogP contribution in [0.15, 0.2) is 54.0 Å². The van der Waals surface area contributed by atoms with E-state index >= 15 is 0 Å². The van der Waals surface area contributed by atoms with Crippen molar-refractivity contribution in [3.05, 3.63) is 74.2 Å². The Morgan fingerprint density at radius 1 is 1.23 bits per heavy atom. The van der Waals surface area contributed by atoms with Crippen molar-refractivity contribution in [1.82, 2.24) is 4.90 Å². The van der Waals surface area contributed by atoms with Crippen LogP contribution in [0.3, 0.4) is 0 Å². The Morgan fingerprint density at radius 2 is 1.94 bits per heavy atom. The van der Waals surface area contributed by atoms with E-state index in [2.05, 4.69) is 29.2 Å². The van der Waals surface area contributed by atoms with Crippen LogP contribution in [0, 0.1) is 3.57 Å². The Kier molecular flexibility index (Phi) is 9.39. The first-order valence-electron chi connectivity index (χ1n) is 10.9. The number of esters is 1. The second-order valence-electron chi connectivity index (χ2n) is 7.60. The fourth-order valence-corrected chi connectivity index (χ4v) is 4.73. The van der Waals surface area contributed by atoms with Gasteiger partial charge < -0.3 is 14.2 Å². The summed E-state index contributed by atoms with van der Waals surface area (Å²) < 4.78 is 17.8. The monoisotopic (exact) mass is 607 g/mol. The Bertz CT molecular complexity index is 1160. The number of amides is 2. The minimum atomic E-state index is -1.00. The largest absolute Gasteiger partial charge is 0.493 e. The summed E-state index contributed by atoms with van der Waals surface area (Å²) in [7, 11) is 1.55. The van der Waals surface area contributed by atoms with E-state index in [9.17, 15) is 14.4 Å². The highest BCUT2D eigenvalue weighted by atomic mass is 127. The fraction of sp³-hybridized carbons (Fsp3) is 0.269. The lowest BCUT2D eigenvalue weighted by Crippen LogP contribution is -2.42. The molecule has 0 saturated carbocycles. The highest BCUT2D eigenvalue weighted by molar-refractivity contribution is 14.1. The standard InChI is InChI=1S/C26H26INO6S/c1-5-7-19-12-18(13-21(32-4)23(19)34-15-17-8-10-20(27)11-9-17)14-22-24(29)28(26(31)35-22)16(3)25(30)33-6-2/h5,8-14,16H,1,6-7,15H2,2-4H3/b22-14+/t16-/m0/s1.